The van der Waals surface area contributed by atoms with E-state index >= 15 is 0 Å². The lowest BCUT2D eigenvalue weighted by Crippen LogP contribution is -2.35. The Kier molecular flexibility index (Phi) is 8.85. The van der Waals surface area contributed by atoms with Crippen molar-refractivity contribution >= 4 is 0 Å². The van der Waals surface area contributed by atoms with E-state index in [1.165, 1.54) is 11.9 Å². The number of hydrogen-bond donors (Lipinski definition) is 3. The number of morpholine rings is 1. The Morgan fingerprint density at radius 2 is 1.75 bits per heavy atom. The number of nitrogens with zero attached hydrogens (tertiary/aromatic N) is 2. The van der Waals surface area contributed by atoms with Gasteiger partial charge in [0.05, 0.1) is 25.2 Å². The molecular formula is C28H31FN4O3. The molecule has 36 heavy (non-hydrogen) atoms. The minimum absolute atomic E-state index is 0.238. The van der Waals surface area contributed by atoms with Crippen LogP contribution >= 0.6 is 0 Å². The molecule has 1 aromatic heterocycles. The Balaban J connectivity index is 1.44. The molecule has 0 bridgehead atoms. The standard InChI is InChI=1S/C28H31FN4O3/c1-20(17-29)32-25(16-26-27(34)28(35)31-19-30-26)24-10-8-22(9-11-24)3-2-21-4-6-23(7-5-21)18-33-12-14-36-15-13-33/h4-11,19-20,25,32,34H,12-18H2,1H3,(H,30,31,35)/t20?,25-/m1/s1. The van der Waals surface area contributed by atoms with Crippen molar-refractivity contribution < 1.29 is 14.2 Å². The van der Waals surface area contributed by atoms with Gasteiger partial charge in [0, 0.05) is 49.3 Å². The number of benzene rings is 2. The molecule has 2 heterocycles. The number of hydrogen-bond acceptors (Lipinski definition) is 6. The van der Waals surface area contributed by atoms with Gasteiger partial charge in [0.25, 0.3) is 5.56 Å². The summed E-state index contributed by atoms with van der Waals surface area (Å²) in [4.78, 5) is 20.5. The molecule has 1 aliphatic rings. The third kappa shape index (κ3) is 7.01. The van der Waals surface area contributed by atoms with E-state index in [0.717, 1.165) is 49.5 Å². The highest BCUT2D eigenvalue weighted by Gasteiger charge is 2.19. The van der Waals surface area contributed by atoms with Crippen molar-refractivity contribution in [1.82, 2.24) is 20.2 Å². The van der Waals surface area contributed by atoms with Gasteiger partial charge in [0.1, 0.15) is 6.67 Å². The number of alkyl halides is 1. The number of rotatable bonds is 8. The zero-order valence-electron chi connectivity index (χ0n) is 20.3. The van der Waals surface area contributed by atoms with Crippen LogP contribution in [-0.4, -0.2) is 59.0 Å². The van der Waals surface area contributed by atoms with Gasteiger partial charge in [-0.25, -0.2) is 9.37 Å². The summed E-state index contributed by atoms with van der Waals surface area (Å²) in [5.41, 5.74) is 3.59. The Hall–Kier alpha value is -3.51. The minimum Gasteiger partial charge on any atom is -0.502 e. The first-order valence-corrected chi connectivity index (χ1v) is 12.1. The van der Waals surface area contributed by atoms with Crippen molar-refractivity contribution in [2.24, 2.45) is 0 Å². The molecule has 0 saturated carbocycles. The Labute approximate surface area is 210 Å². The highest BCUT2D eigenvalue weighted by atomic mass is 19.1. The average Bonchev–Trinajstić information content (AvgIpc) is 2.91. The molecule has 0 spiro atoms. The first-order valence-electron chi connectivity index (χ1n) is 12.1. The lowest BCUT2D eigenvalue weighted by molar-refractivity contribution is 0.0342. The summed E-state index contributed by atoms with van der Waals surface area (Å²) in [6.45, 7) is 5.62. The molecule has 7 nitrogen and oxygen atoms in total. The predicted molar refractivity (Wildman–Crippen MR) is 137 cm³/mol. The van der Waals surface area contributed by atoms with Crippen LogP contribution in [0.5, 0.6) is 5.75 Å². The summed E-state index contributed by atoms with van der Waals surface area (Å²) in [5.74, 6) is 5.98. The van der Waals surface area contributed by atoms with Gasteiger partial charge in [0.15, 0.2) is 0 Å². The number of halogens is 1. The van der Waals surface area contributed by atoms with Crippen molar-refractivity contribution in [2.45, 2.75) is 32.0 Å². The molecule has 8 heteroatoms. The van der Waals surface area contributed by atoms with Crippen molar-refractivity contribution in [2.75, 3.05) is 33.0 Å². The first kappa shape index (κ1) is 25.6. The number of aromatic nitrogens is 2. The number of H-pyrrole nitrogens is 1. The lowest BCUT2D eigenvalue weighted by Gasteiger charge is -2.26. The van der Waals surface area contributed by atoms with Crippen molar-refractivity contribution in [3.05, 3.63) is 93.2 Å². The molecule has 1 saturated heterocycles. The highest BCUT2D eigenvalue weighted by molar-refractivity contribution is 5.44. The minimum atomic E-state index is -0.600. The van der Waals surface area contributed by atoms with Crippen LogP contribution in [0.2, 0.25) is 0 Å². The Bertz CT molecular complexity index is 1240. The van der Waals surface area contributed by atoms with Crippen LogP contribution in [-0.2, 0) is 17.7 Å². The second-order valence-corrected chi connectivity index (χ2v) is 8.96. The van der Waals surface area contributed by atoms with Crippen molar-refractivity contribution in [1.29, 1.82) is 0 Å². The van der Waals surface area contributed by atoms with E-state index in [2.05, 4.69) is 44.2 Å². The van der Waals surface area contributed by atoms with E-state index < -0.39 is 24.0 Å². The van der Waals surface area contributed by atoms with Gasteiger partial charge in [-0.3, -0.25) is 9.69 Å². The zero-order chi connectivity index (χ0) is 25.3. The SMILES string of the molecule is CC(CF)N[C@H](Cc1nc[nH]c(=O)c1O)c1ccc(C#Cc2ccc(CN3CCOCC3)cc2)cc1. The second kappa shape index (κ2) is 12.5. The molecule has 2 aromatic carbocycles. The maximum Gasteiger partial charge on any atom is 0.293 e. The van der Waals surface area contributed by atoms with Crippen LogP contribution < -0.4 is 10.9 Å². The molecule has 3 N–H and O–H groups in total. The van der Waals surface area contributed by atoms with Crippen LogP contribution in [0.1, 0.15) is 40.9 Å². The van der Waals surface area contributed by atoms with E-state index in [1.54, 1.807) is 6.92 Å². The molecule has 1 unspecified atom stereocenters. The van der Waals surface area contributed by atoms with Crippen molar-refractivity contribution in [3.8, 4) is 17.6 Å². The van der Waals surface area contributed by atoms with E-state index in [-0.39, 0.29) is 18.2 Å². The molecule has 1 aliphatic heterocycles. The van der Waals surface area contributed by atoms with Crippen LogP contribution in [0, 0.1) is 11.8 Å². The van der Waals surface area contributed by atoms with Crippen LogP contribution in [0.15, 0.2) is 59.7 Å². The third-order valence-electron chi connectivity index (χ3n) is 6.15. The first-order chi connectivity index (χ1) is 17.5. The fourth-order valence-corrected chi connectivity index (χ4v) is 4.09. The van der Waals surface area contributed by atoms with Gasteiger partial charge in [-0.05, 0) is 42.3 Å². The fraction of sp³-hybridized carbons (Fsp3) is 0.357. The van der Waals surface area contributed by atoms with Gasteiger partial charge in [-0.2, -0.15) is 0 Å². The topological polar surface area (TPSA) is 90.5 Å². The summed E-state index contributed by atoms with van der Waals surface area (Å²) in [7, 11) is 0. The Morgan fingerprint density at radius 3 is 2.39 bits per heavy atom. The molecular weight excluding hydrogens is 459 g/mol. The fourth-order valence-electron chi connectivity index (χ4n) is 4.09. The van der Waals surface area contributed by atoms with Gasteiger partial charge >= 0.3 is 0 Å². The lowest BCUT2D eigenvalue weighted by atomic mass is 9.99. The summed E-state index contributed by atoms with van der Waals surface area (Å²) < 4.78 is 18.6. The smallest absolute Gasteiger partial charge is 0.293 e. The maximum absolute atomic E-state index is 13.2. The van der Waals surface area contributed by atoms with Gasteiger partial charge in [0.2, 0.25) is 5.75 Å². The van der Waals surface area contributed by atoms with Gasteiger partial charge < -0.3 is 20.1 Å². The summed E-state index contributed by atoms with van der Waals surface area (Å²) in [5, 5.41) is 13.3. The maximum atomic E-state index is 13.2. The molecule has 3 aromatic rings. The van der Waals surface area contributed by atoms with E-state index in [4.69, 9.17) is 4.74 Å². The van der Waals surface area contributed by atoms with Gasteiger partial charge in [-0.1, -0.05) is 36.1 Å². The normalized spacial score (nSPS) is 15.6. The van der Waals surface area contributed by atoms with E-state index in [0.29, 0.717) is 0 Å². The molecule has 0 amide bonds. The number of aromatic hydroxyl groups is 1. The zero-order valence-corrected chi connectivity index (χ0v) is 20.3. The average molecular weight is 491 g/mol. The van der Waals surface area contributed by atoms with Crippen LogP contribution in [0.4, 0.5) is 4.39 Å². The number of aromatic amines is 1. The molecule has 1 fully saturated rings. The third-order valence-corrected chi connectivity index (χ3v) is 6.15. The molecule has 2 atom stereocenters. The molecule has 0 aliphatic carbocycles. The predicted octanol–water partition coefficient (Wildman–Crippen LogP) is 2.94. The molecule has 0 radical (unpaired) electrons. The second-order valence-electron chi connectivity index (χ2n) is 8.96. The quantitative estimate of drug-likeness (QED) is 0.421. The monoisotopic (exact) mass is 490 g/mol. The summed E-state index contributed by atoms with van der Waals surface area (Å²) in [6.07, 6.45) is 1.49. The van der Waals surface area contributed by atoms with Crippen molar-refractivity contribution in [3.63, 3.8) is 0 Å². The summed E-state index contributed by atoms with van der Waals surface area (Å²) in [6, 6.07) is 15.2. The largest absolute Gasteiger partial charge is 0.502 e. The number of ether oxygens (including phenoxy) is 1. The van der Waals surface area contributed by atoms with Gasteiger partial charge in [-0.15, -0.1) is 0 Å². The van der Waals surface area contributed by atoms with Crippen LogP contribution in [0.3, 0.4) is 0 Å². The number of nitrogens with one attached hydrogen (secondary N) is 2. The van der Waals surface area contributed by atoms with E-state index in [1.807, 2.05) is 36.4 Å². The van der Waals surface area contributed by atoms with E-state index in [9.17, 15) is 14.3 Å². The highest BCUT2D eigenvalue weighted by Crippen LogP contribution is 2.22. The van der Waals surface area contributed by atoms with Crippen LogP contribution in [0.25, 0.3) is 0 Å². The summed E-state index contributed by atoms with van der Waals surface area (Å²) >= 11 is 0. The molecule has 4 rings (SSSR count). The molecule has 188 valence electrons. The Morgan fingerprint density at radius 1 is 1.11 bits per heavy atom.